The van der Waals surface area contributed by atoms with E-state index < -0.39 is 0 Å². The SMILES string of the molecule is CC(C)c1ccc2nc(-c3ncccn3)[nH]c(=O)c2c1. The van der Waals surface area contributed by atoms with Gasteiger partial charge in [0.15, 0.2) is 11.6 Å². The highest BCUT2D eigenvalue weighted by Gasteiger charge is 2.09. The Labute approximate surface area is 115 Å². The number of hydrogen-bond acceptors (Lipinski definition) is 4. The van der Waals surface area contributed by atoms with Gasteiger partial charge >= 0.3 is 0 Å². The molecule has 3 rings (SSSR count). The second-order valence-corrected chi connectivity index (χ2v) is 4.92. The minimum Gasteiger partial charge on any atom is -0.303 e. The summed E-state index contributed by atoms with van der Waals surface area (Å²) in [6.45, 7) is 4.18. The summed E-state index contributed by atoms with van der Waals surface area (Å²) >= 11 is 0. The molecule has 5 nitrogen and oxygen atoms in total. The van der Waals surface area contributed by atoms with Gasteiger partial charge in [0.05, 0.1) is 10.9 Å². The van der Waals surface area contributed by atoms with Gasteiger partial charge in [-0.2, -0.15) is 0 Å². The van der Waals surface area contributed by atoms with Crippen LogP contribution in [-0.4, -0.2) is 19.9 Å². The summed E-state index contributed by atoms with van der Waals surface area (Å²) in [4.78, 5) is 27.6. The zero-order valence-electron chi connectivity index (χ0n) is 11.3. The molecular formula is C15H14N4O. The maximum absolute atomic E-state index is 12.2. The van der Waals surface area contributed by atoms with E-state index in [1.807, 2.05) is 18.2 Å². The lowest BCUT2D eigenvalue weighted by molar-refractivity contribution is 0.868. The fraction of sp³-hybridized carbons (Fsp3) is 0.200. The molecule has 0 radical (unpaired) electrons. The van der Waals surface area contributed by atoms with Crippen molar-refractivity contribution in [3.05, 3.63) is 52.6 Å². The molecule has 0 saturated carbocycles. The Morgan fingerprint density at radius 2 is 1.90 bits per heavy atom. The normalized spacial score (nSPS) is 11.2. The van der Waals surface area contributed by atoms with Crippen LogP contribution in [-0.2, 0) is 0 Å². The van der Waals surface area contributed by atoms with Crippen LogP contribution in [0.4, 0.5) is 0 Å². The Morgan fingerprint density at radius 1 is 1.15 bits per heavy atom. The maximum Gasteiger partial charge on any atom is 0.259 e. The Bertz CT molecular complexity index is 809. The van der Waals surface area contributed by atoms with Crippen molar-refractivity contribution in [3.63, 3.8) is 0 Å². The lowest BCUT2D eigenvalue weighted by atomic mass is 10.0. The van der Waals surface area contributed by atoms with E-state index in [4.69, 9.17) is 0 Å². The molecule has 2 heterocycles. The van der Waals surface area contributed by atoms with Crippen molar-refractivity contribution < 1.29 is 0 Å². The van der Waals surface area contributed by atoms with Crippen LogP contribution >= 0.6 is 0 Å². The van der Waals surface area contributed by atoms with Gasteiger partial charge in [-0.1, -0.05) is 19.9 Å². The first-order valence-corrected chi connectivity index (χ1v) is 6.46. The fourth-order valence-electron chi connectivity index (χ4n) is 2.04. The lowest BCUT2D eigenvalue weighted by Gasteiger charge is -2.07. The van der Waals surface area contributed by atoms with Gasteiger partial charge in [0, 0.05) is 12.4 Å². The van der Waals surface area contributed by atoms with Gasteiger partial charge in [0.1, 0.15) is 0 Å². The number of aromatic amines is 1. The van der Waals surface area contributed by atoms with Gasteiger partial charge in [-0.15, -0.1) is 0 Å². The summed E-state index contributed by atoms with van der Waals surface area (Å²) in [6.07, 6.45) is 3.24. The number of nitrogens with zero attached hydrogens (tertiary/aromatic N) is 3. The average Bonchev–Trinajstić information content (AvgIpc) is 2.47. The first kappa shape index (κ1) is 12.5. The summed E-state index contributed by atoms with van der Waals surface area (Å²) in [5.74, 6) is 1.18. The summed E-state index contributed by atoms with van der Waals surface area (Å²) < 4.78 is 0. The molecule has 0 unspecified atom stereocenters. The second kappa shape index (κ2) is 4.85. The summed E-state index contributed by atoms with van der Waals surface area (Å²) in [5.41, 5.74) is 1.61. The molecule has 1 aromatic carbocycles. The molecule has 2 aromatic heterocycles. The fourth-order valence-corrected chi connectivity index (χ4v) is 2.04. The van der Waals surface area contributed by atoms with Crippen molar-refractivity contribution in [2.45, 2.75) is 19.8 Å². The molecule has 100 valence electrons. The number of nitrogens with one attached hydrogen (secondary N) is 1. The van der Waals surface area contributed by atoms with Gasteiger partial charge in [0.2, 0.25) is 0 Å². The predicted molar refractivity (Wildman–Crippen MR) is 77.5 cm³/mol. The maximum atomic E-state index is 12.2. The molecular weight excluding hydrogens is 252 g/mol. The van der Waals surface area contributed by atoms with E-state index in [1.165, 1.54) is 0 Å². The topological polar surface area (TPSA) is 71.5 Å². The first-order valence-electron chi connectivity index (χ1n) is 6.46. The van der Waals surface area contributed by atoms with Gasteiger partial charge in [-0.3, -0.25) is 4.79 Å². The molecule has 1 N–H and O–H groups in total. The van der Waals surface area contributed by atoms with Gasteiger partial charge in [-0.05, 0) is 29.7 Å². The van der Waals surface area contributed by atoms with Crippen molar-refractivity contribution in [3.8, 4) is 11.6 Å². The summed E-state index contributed by atoms with van der Waals surface area (Å²) in [5, 5.41) is 0.593. The molecule has 20 heavy (non-hydrogen) atoms. The summed E-state index contributed by atoms with van der Waals surface area (Å²) in [6, 6.07) is 7.47. The molecule has 3 aromatic rings. The second-order valence-electron chi connectivity index (χ2n) is 4.92. The number of fused-ring (bicyclic) bond motifs is 1. The zero-order chi connectivity index (χ0) is 14.1. The van der Waals surface area contributed by atoms with Crippen LogP contribution < -0.4 is 5.56 Å². The van der Waals surface area contributed by atoms with E-state index in [0.29, 0.717) is 28.5 Å². The van der Waals surface area contributed by atoms with Crippen LogP contribution in [0.1, 0.15) is 25.3 Å². The van der Waals surface area contributed by atoms with E-state index in [1.54, 1.807) is 18.5 Å². The van der Waals surface area contributed by atoms with Gasteiger partial charge < -0.3 is 4.98 Å². The monoisotopic (exact) mass is 266 g/mol. The van der Waals surface area contributed by atoms with E-state index in [0.717, 1.165) is 5.56 Å². The van der Waals surface area contributed by atoms with Crippen LogP contribution in [0.2, 0.25) is 0 Å². The van der Waals surface area contributed by atoms with Gasteiger partial charge in [0.25, 0.3) is 5.56 Å². The van der Waals surface area contributed by atoms with Crippen LogP contribution in [0.15, 0.2) is 41.5 Å². The number of H-pyrrole nitrogens is 1. The third kappa shape index (κ3) is 2.18. The van der Waals surface area contributed by atoms with Crippen molar-refractivity contribution in [2.75, 3.05) is 0 Å². The number of benzene rings is 1. The lowest BCUT2D eigenvalue weighted by Crippen LogP contribution is -2.11. The molecule has 0 amide bonds. The molecule has 0 fully saturated rings. The Balaban J connectivity index is 2.21. The number of rotatable bonds is 2. The highest BCUT2D eigenvalue weighted by atomic mass is 16.1. The first-order chi connectivity index (χ1) is 9.65. The smallest absolute Gasteiger partial charge is 0.259 e. The molecule has 0 aliphatic carbocycles. The number of hydrogen-bond donors (Lipinski definition) is 1. The Hall–Kier alpha value is -2.56. The predicted octanol–water partition coefficient (Wildman–Crippen LogP) is 2.50. The van der Waals surface area contributed by atoms with Crippen molar-refractivity contribution in [1.29, 1.82) is 0 Å². The third-order valence-electron chi connectivity index (χ3n) is 3.17. The molecule has 0 aliphatic heterocycles. The van der Waals surface area contributed by atoms with E-state index in [2.05, 4.69) is 33.8 Å². The van der Waals surface area contributed by atoms with Gasteiger partial charge in [-0.25, -0.2) is 15.0 Å². The molecule has 5 heteroatoms. The largest absolute Gasteiger partial charge is 0.303 e. The standard InChI is InChI=1S/C15H14N4O/c1-9(2)10-4-5-12-11(8-10)15(20)19-14(18-12)13-16-6-3-7-17-13/h3-9H,1-2H3,(H,18,19,20). The zero-order valence-corrected chi connectivity index (χ0v) is 11.3. The highest BCUT2D eigenvalue weighted by molar-refractivity contribution is 5.79. The highest BCUT2D eigenvalue weighted by Crippen LogP contribution is 2.19. The average molecular weight is 266 g/mol. The quantitative estimate of drug-likeness (QED) is 0.773. The van der Waals surface area contributed by atoms with Crippen LogP contribution in [0.25, 0.3) is 22.6 Å². The van der Waals surface area contributed by atoms with Crippen LogP contribution in [0.5, 0.6) is 0 Å². The van der Waals surface area contributed by atoms with Crippen molar-refractivity contribution in [1.82, 2.24) is 19.9 Å². The van der Waals surface area contributed by atoms with E-state index in [-0.39, 0.29) is 5.56 Å². The molecule has 0 spiro atoms. The number of aromatic nitrogens is 4. The van der Waals surface area contributed by atoms with Crippen molar-refractivity contribution >= 4 is 10.9 Å². The Morgan fingerprint density at radius 3 is 2.60 bits per heavy atom. The molecule has 0 atom stereocenters. The van der Waals surface area contributed by atoms with Crippen LogP contribution in [0.3, 0.4) is 0 Å². The minimum atomic E-state index is -0.167. The van der Waals surface area contributed by atoms with E-state index >= 15 is 0 Å². The minimum absolute atomic E-state index is 0.167. The molecule has 0 aliphatic rings. The molecule has 0 saturated heterocycles. The third-order valence-corrected chi connectivity index (χ3v) is 3.17. The van der Waals surface area contributed by atoms with Crippen LogP contribution in [0, 0.1) is 0 Å². The molecule has 0 bridgehead atoms. The van der Waals surface area contributed by atoms with Crippen molar-refractivity contribution in [2.24, 2.45) is 0 Å². The Kier molecular flexibility index (Phi) is 3.02. The summed E-state index contributed by atoms with van der Waals surface area (Å²) in [7, 11) is 0. The van der Waals surface area contributed by atoms with E-state index in [9.17, 15) is 4.79 Å².